The van der Waals surface area contributed by atoms with Crippen LogP contribution in [-0.2, 0) is 0 Å². The van der Waals surface area contributed by atoms with Crippen molar-refractivity contribution >= 4 is 15.9 Å². The number of ether oxygens (including phenoxy) is 1. The summed E-state index contributed by atoms with van der Waals surface area (Å²) in [6, 6.07) is 4.92. The molecule has 0 aromatic heterocycles. The van der Waals surface area contributed by atoms with Crippen LogP contribution in [0.3, 0.4) is 0 Å². The number of benzene rings is 1. The number of nitrogens with two attached hydrogens (primary N) is 1. The first-order valence-corrected chi connectivity index (χ1v) is 5.26. The molecule has 0 unspecified atom stereocenters. The van der Waals surface area contributed by atoms with Crippen LogP contribution in [0.4, 0.5) is 8.78 Å². The smallest absolute Gasteiger partial charge is 0.272 e. The van der Waals surface area contributed by atoms with Crippen molar-refractivity contribution < 1.29 is 13.5 Å². The van der Waals surface area contributed by atoms with Gasteiger partial charge in [0, 0.05) is 10.5 Å². The molecule has 0 bridgehead atoms. The van der Waals surface area contributed by atoms with Gasteiger partial charge in [0.05, 0.1) is 0 Å². The number of alkyl halides is 2. The normalized spacial score (nSPS) is 12.9. The second-order valence-electron chi connectivity index (χ2n) is 3.17. The van der Waals surface area contributed by atoms with Crippen LogP contribution >= 0.6 is 15.9 Å². The summed E-state index contributed by atoms with van der Waals surface area (Å²) in [6.45, 7) is 1.25. The van der Waals surface area contributed by atoms with Crippen molar-refractivity contribution in [1.29, 1.82) is 0 Å². The molecule has 1 aromatic rings. The maximum absolute atomic E-state index is 11.9. The third-order valence-corrected chi connectivity index (χ3v) is 2.53. The first-order chi connectivity index (χ1) is 7.00. The number of hydrogen-bond donors (Lipinski definition) is 1. The molecular weight excluding hydrogens is 268 g/mol. The molecule has 0 radical (unpaired) electrons. The molecule has 0 spiro atoms. The summed E-state index contributed by atoms with van der Waals surface area (Å²) >= 11 is 3.31. The van der Waals surface area contributed by atoms with E-state index >= 15 is 0 Å². The predicted molar refractivity (Wildman–Crippen MR) is 58.2 cm³/mol. The summed E-state index contributed by atoms with van der Waals surface area (Å²) in [5.41, 5.74) is 6.61. The third-order valence-electron chi connectivity index (χ3n) is 1.84. The Hall–Kier alpha value is -0.680. The highest BCUT2D eigenvalue weighted by Gasteiger charge is 2.08. The highest BCUT2D eigenvalue weighted by molar-refractivity contribution is 9.10. The number of halogens is 3. The highest BCUT2D eigenvalue weighted by atomic mass is 79.9. The van der Waals surface area contributed by atoms with Gasteiger partial charge in [-0.1, -0.05) is 22.0 Å². The molecule has 0 aliphatic rings. The van der Waals surface area contributed by atoms with Crippen molar-refractivity contribution in [2.45, 2.75) is 19.4 Å². The van der Waals surface area contributed by atoms with Crippen LogP contribution in [0.1, 0.15) is 18.5 Å². The van der Waals surface area contributed by atoms with E-state index in [2.05, 4.69) is 15.9 Å². The van der Waals surface area contributed by atoms with Gasteiger partial charge in [-0.25, -0.2) is 8.78 Å². The fraction of sp³-hybridized carbons (Fsp3) is 0.400. The minimum absolute atomic E-state index is 0.108. The largest absolute Gasteiger partial charge is 0.488 e. The Labute approximate surface area is 95.5 Å². The van der Waals surface area contributed by atoms with Crippen molar-refractivity contribution in [2.75, 3.05) is 6.61 Å². The molecular formula is C10H12BrF2NO. The van der Waals surface area contributed by atoms with Crippen LogP contribution in [0.2, 0.25) is 0 Å². The van der Waals surface area contributed by atoms with E-state index in [0.717, 1.165) is 10.0 Å². The molecule has 0 aliphatic carbocycles. The van der Waals surface area contributed by atoms with Gasteiger partial charge in [-0.2, -0.15) is 0 Å². The summed E-state index contributed by atoms with van der Waals surface area (Å²) in [7, 11) is 0. The molecule has 0 saturated carbocycles. The summed E-state index contributed by atoms with van der Waals surface area (Å²) in [5.74, 6) is 0.409. The fourth-order valence-electron chi connectivity index (χ4n) is 1.13. The van der Waals surface area contributed by atoms with Gasteiger partial charge >= 0.3 is 0 Å². The molecule has 0 saturated heterocycles. The molecule has 84 valence electrons. The fourth-order valence-corrected chi connectivity index (χ4v) is 1.85. The van der Waals surface area contributed by atoms with Crippen molar-refractivity contribution in [1.82, 2.24) is 0 Å². The van der Waals surface area contributed by atoms with Gasteiger partial charge in [0.15, 0.2) is 0 Å². The number of rotatable bonds is 4. The minimum Gasteiger partial charge on any atom is -0.488 e. The second-order valence-corrected chi connectivity index (χ2v) is 4.03. The van der Waals surface area contributed by atoms with Crippen LogP contribution in [0.5, 0.6) is 5.75 Å². The number of hydrogen-bond acceptors (Lipinski definition) is 2. The Bertz CT molecular complexity index is 331. The lowest BCUT2D eigenvalue weighted by Crippen LogP contribution is -2.08. The van der Waals surface area contributed by atoms with Crippen LogP contribution in [0, 0.1) is 0 Å². The molecule has 2 N–H and O–H groups in total. The Kier molecular flexibility index (Phi) is 4.47. The van der Waals surface area contributed by atoms with Crippen LogP contribution in [-0.4, -0.2) is 13.0 Å². The van der Waals surface area contributed by atoms with Crippen molar-refractivity contribution in [2.24, 2.45) is 5.73 Å². The molecule has 0 heterocycles. The molecule has 5 heteroatoms. The Balaban J connectivity index is 2.73. The average molecular weight is 280 g/mol. The first-order valence-electron chi connectivity index (χ1n) is 4.46. The second kappa shape index (κ2) is 5.42. The maximum Gasteiger partial charge on any atom is 0.272 e. The van der Waals surface area contributed by atoms with E-state index in [1.807, 2.05) is 6.92 Å². The van der Waals surface area contributed by atoms with Gasteiger partial charge < -0.3 is 10.5 Å². The van der Waals surface area contributed by atoms with E-state index in [4.69, 9.17) is 10.5 Å². The maximum atomic E-state index is 11.9. The molecule has 15 heavy (non-hydrogen) atoms. The highest BCUT2D eigenvalue weighted by Crippen LogP contribution is 2.26. The predicted octanol–water partition coefficient (Wildman–Crippen LogP) is 3.11. The van der Waals surface area contributed by atoms with Crippen LogP contribution in [0.15, 0.2) is 22.7 Å². The summed E-state index contributed by atoms with van der Waals surface area (Å²) < 4.78 is 29.4. The lowest BCUT2D eigenvalue weighted by atomic mass is 10.1. The van der Waals surface area contributed by atoms with E-state index in [-0.39, 0.29) is 6.04 Å². The van der Waals surface area contributed by atoms with E-state index in [9.17, 15) is 8.78 Å². The molecule has 0 amide bonds. The topological polar surface area (TPSA) is 35.2 Å². The summed E-state index contributed by atoms with van der Waals surface area (Å²) in [4.78, 5) is 0. The van der Waals surface area contributed by atoms with E-state index in [1.54, 1.807) is 18.2 Å². The van der Waals surface area contributed by atoms with Gasteiger partial charge in [0.1, 0.15) is 12.4 Å². The quantitative estimate of drug-likeness (QED) is 0.919. The Morgan fingerprint density at radius 3 is 2.60 bits per heavy atom. The summed E-state index contributed by atoms with van der Waals surface area (Å²) in [5, 5.41) is 0. The monoisotopic (exact) mass is 279 g/mol. The minimum atomic E-state index is -2.46. The van der Waals surface area contributed by atoms with Gasteiger partial charge in [0.2, 0.25) is 0 Å². The first kappa shape index (κ1) is 12.4. The molecule has 0 fully saturated rings. The Morgan fingerprint density at radius 2 is 2.13 bits per heavy atom. The average Bonchev–Trinajstić information content (AvgIpc) is 2.14. The lowest BCUT2D eigenvalue weighted by Gasteiger charge is -2.11. The SMILES string of the molecule is C[C@@H](N)c1ccc(OCC(F)F)cc1Br. The molecule has 2 nitrogen and oxygen atoms in total. The molecule has 0 aliphatic heterocycles. The van der Waals surface area contributed by atoms with Crippen LogP contribution in [0.25, 0.3) is 0 Å². The van der Waals surface area contributed by atoms with E-state index < -0.39 is 13.0 Å². The Morgan fingerprint density at radius 1 is 1.47 bits per heavy atom. The zero-order chi connectivity index (χ0) is 11.4. The molecule has 1 atom stereocenters. The van der Waals surface area contributed by atoms with Gasteiger partial charge in [0.25, 0.3) is 6.43 Å². The third kappa shape index (κ3) is 3.76. The van der Waals surface area contributed by atoms with Crippen LogP contribution < -0.4 is 10.5 Å². The van der Waals surface area contributed by atoms with E-state index in [1.165, 1.54) is 0 Å². The van der Waals surface area contributed by atoms with Gasteiger partial charge in [-0.3, -0.25) is 0 Å². The summed E-state index contributed by atoms with van der Waals surface area (Å²) in [6.07, 6.45) is -2.46. The van der Waals surface area contributed by atoms with E-state index in [0.29, 0.717) is 5.75 Å². The lowest BCUT2D eigenvalue weighted by molar-refractivity contribution is 0.0818. The standard InChI is InChI=1S/C10H12BrF2NO/c1-6(14)8-3-2-7(4-9(8)11)15-5-10(12)13/h2-4,6,10H,5,14H2,1H3/t6-/m1/s1. The van der Waals surface area contributed by atoms with Crippen molar-refractivity contribution in [3.8, 4) is 5.75 Å². The molecule has 1 rings (SSSR count). The molecule has 1 aromatic carbocycles. The van der Waals surface area contributed by atoms with Crippen molar-refractivity contribution in [3.05, 3.63) is 28.2 Å². The van der Waals surface area contributed by atoms with Crippen molar-refractivity contribution in [3.63, 3.8) is 0 Å². The van der Waals surface area contributed by atoms with Gasteiger partial charge in [-0.05, 0) is 24.6 Å². The van der Waals surface area contributed by atoms with Gasteiger partial charge in [-0.15, -0.1) is 0 Å². The zero-order valence-corrected chi connectivity index (χ0v) is 9.80. The zero-order valence-electron chi connectivity index (χ0n) is 8.21.